The van der Waals surface area contributed by atoms with E-state index < -0.39 is 23.7 Å². The molecule has 0 aliphatic carbocycles. The predicted molar refractivity (Wildman–Crippen MR) is 88.0 cm³/mol. The number of hydrogen-bond donors (Lipinski definition) is 3. The number of carbonyl (C=O) groups is 2. The van der Waals surface area contributed by atoms with Gasteiger partial charge in [0.15, 0.2) is 0 Å². The summed E-state index contributed by atoms with van der Waals surface area (Å²) in [6, 6.07) is 7.18. The molecular formula is C16H17ClFN3O3. The molecule has 1 aromatic carbocycles. The molecule has 2 amide bonds. The van der Waals surface area contributed by atoms with E-state index in [1.165, 1.54) is 12.1 Å². The number of aromatic nitrogens is 1. The monoisotopic (exact) mass is 353 g/mol. The van der Waals surface area contributed by atoms with E-state index in [1.807, 2.05) is 0 Å². The number of aryl methyl sites for hydroxylation is 1. The number of anilines is 1. The number of rotatable bonds is 5. The van der Waals surface area contributed by atoms with Gasteiger partial charge in [-0.25, -0.2) is 4.39 Å². The molecule has 0 saturated carbocycles. The molecule has 3 N–H and O–H groups in total. The molecule has 0 aliphatic rings. The van der Waals surface area contributed by atoms with Crippen LogP contribution in [0.15, 0.2) is 36.5 Å². The van der Waals surface area contributed by atoms with Gasteiger partial charge in [-0.3, -0.25) is 9.59 Å². The average Bonchev–Trinajstić information content (AvgIpc) is 2.96. The third-order valence-electron chi connectivity index (χ3n) is 3.41. The van der Waals surface area contributed by atoms with Crippen molar-refractivity contribution < 1.29 is 19.1 Å². The van der Waals surface area contributed by atoms with Crippen LogP contribution in [-0.2, 0) is 16.6 Å². The fourth-order valence-electron chi connectivity index (χ4n) is 2.13. The Morgan fingerprint density at radius 3 is 2.71 bits per heavy atom. The Morgan fingerprint density at radius 1 is 1.33 bits per heavy atom. The second-order valence-electron chi connectivity index (χ2n) is 5.19. The summed E-state index contributed by atoms with van der Waals surface area (Å²) in [6.45, 7) is 0.128. The SMILES string of the molecule is Cn1cccc1[C@@H](O)CCNC(=O)C(=O)Nc1ccc(F)c(Cl)c1. The molecule has 1 heterocycles. The van der Waals surface area contributed by atoms with E-state index in [0.29, 0.717) is 0 Å². The van der Waals surface area contributed by atoms with Crippen LogP contribution in [0.2, 0.25) is 5.02 Å². The molecule has 0 fully saturated rings. The predicted octanol–water partition coefficient (Wildman–Crippen LogP) is 2.00. The maximum absolute atomic E-state index is 13.0. The Morgan fingerprint density at radius 2 is 2.08 bits per heavy atom. The number of amides is 2. The van der Waals surface area contributed by atoms with Crippen molar-refractivity contribution in [2.45, 2.75) is 12.5 Å². The summed E-state index contributed by atoms with van der Waals surface area (Å²) in [4.78, 5) is 23.5. The van der Waals surface area contributed by atoms with Crippen LogP contribution in [0.1, 0.15) is 18.2 Å². The molecule has 0 unspecified atom stereocenters. The number of nitrogens with one attached hydrogen (secondary N) is 2. The van der Waals surface area contributed by atoms with Crippen molar-refractivity contribution in [1.82, 2.24) is 9.88 Å². The summed E-state index contributed by atoms with van der Waals surface area (Å²) in [5, 5.41) is 14.6. The molecule has 0 radical (unpaired) electrons. The van der Waals surface area contributed by atoms with Crippen molar-refractivity contribution in [2.24, 2.45) is 7.05 Å². The first-order valence-electron chi connectivity index (χ1n) is 7.22. The highest BCUT2D eigenvalue weighted by Crippen LogP contribution is 2.19. The third kappa shape index (κ3) is 4.56. The first kappa shape index (κ1) is 18.0. The summed E-state index contributed by atoms with van der Waals surface area (Å²) in [5.41, 5.74) is 0.931. The number of hydrogen-bond acceptors (Lipinski definition) is 3. The van der Waals surface area contributed by atoms with Crippen LogP contribution in [-0.4, -0.2) is 28.0 Å². The van der Waals surface area contributed by atoms with Gasteiger partial charge in [0.1, 0.15) is 5.82 Å². The summed E-state index contributed by atoms with van der Waals surface area (Å²) in [7, 11) is 1.80. The minimum atomic E-state index is -0.897. The second-order valence-corrected chi connectivity index (χ2v) is 5.59. The zero-order chi connectivity index (χ0) is 17.7. The molecule has 0 spiro atoms. The lowest BCUT2D eigenvalue weighted by atomic mass is 10.2. The van der Waals surface area contributed by atoms with E-state index in [4.69, 9.17) is 11.6 Å². The number of aliphatic hydroxyl groups excluding tert-OH is 1. The van der Waals surface area contributed by atoms with Gasteiger partial charge < -0.3 is 20.3 Å². The van der Waals surface area contributed by atoms with Crippen LogP contribution in [0.4, 0.5) is 10.1 Å². The number of benzene rings is 1. The lowest BCUT2D eigenvalue weighted by Gasteiger charge is -2.12. The molecule has 24 heavy (non-hydrogen) atoms. The first-order chi connectivity index (χ1) is 11.4. The van der Waals surface area contributed by atoms with Gasteiger partial charge in [-0.15, -0.1) is 0 Å². The minimum Gasteiger partial charge on any atom is -0.387 e. The third-order valence-corrected chi connectivity index (χ3v) is 3.70. The lowest BCUT2D eigenvalue weighted by molar-refractivity contribution is -0.136. The van der Waals surface area contributed by atoms with Crippen LogP contribution in [0, 0.1) is 5.82 Å². The van der Waals surface area contributed by atoms with Gasteiger partial charge in [-0.1, -0.05) is 11.6 Å². The van der Waals surface area contributed by atoms with E-state index >= 15 is 0 Å². The van der Waals surface area contributed by atoms with Crippen LogP contribution >= 0.6 is 11.6 Å². The number of halogens is 2. The maximum Gasteiger partial charge on any atom is 0.313 e. The summed E-state index contributed by atoms with van der Waals surface area (Å²) >= 11 is 5.60. The highest BCUT2D eigenvalue weighted by molar-refractivity contribution is 6.39. The standard InChI is InChI=1S/C16H17ClFN3O3/c1-21-8-2-3-13(21)14(22)6-7-19-15(23)16(24)20-10-4-5-12(18)11(17)9-10/h2-5,8-9,14,22H,6-7H2,1H3,(H,19,23)(H,20,24)/t14-/m0/s1. The summed E-state index contributed by atoms with van der Waals surface area (Å²) in [6.07, 6.45) is 1.32. The zero-order valence-electron chi connectivity index (χ0n) is 12.9. The van der Waals surface area contributed by atoms with Gasteiger partial charge in [0.25, 0.3) is 0 Å². The molecule has 8 heteroatoms. The molecule has 6 nitrogen and oxygen atoms in total. The highest BCUT2D eigenvalue weighted by atomic mass is 35.5. The lowest BCUT2D eigenvalue weighted by Crippen LogP contribution is -2.36. The Hall–Kier alpha value is -2.38. The van der Waals surface area contributed by atoms with E-state index in [1.54, 1.807) is 29.9 Å². The summed E-state index contributed by atoms with van der Waals surface area (Å²) in [5.74, 6) is -2.37. The normalized spacial score (nSPS) is 11.8. The maximum atomic E-state index is 13.0. The number of nitrogens with zero attached hydrogens (tertiary/aromatic N) is 1. The Bertz CT molecular complexity index is 748. The van der Waals surface area contributed by atoms with Crippen molar-refractivity contribution in [2.75, 3.05) is 11.9 Å². The van der Waals surface area contributed by atoms with Crippen molar-refractivity contribution in [1.29, 1.82) is 0 Å². The van der Waals surface area contributed by atoms with Gasteiger partial charge in [-0.2, -0.15) is 0 Å². The molecule has 1 atom stereocenters. The smallest absolute Gasteiger partial charge is 0.313 e. The fraction of sp³-hybridized carbons (Fsp3) is 0.250. The average molecular weight is 354 g/mol. The Labute approximate surface area is 143 Å². The van der Waals surface area contributed by atoms with Crippen molar-refractivity contribution in [3.63, 3.8) is 0 Å². The number of carbonyl (C=O) groups excluding carboxylic acids is 2. The van der Waals surface area contributed by atoms with Crippen LogP contribution in [0.3, 0.4) is 0 Å². The molecule has 0 saturated heterocycles. The van der Waals surface area contributed by atoms with Crippen molar-refractivity contribution >= 4 is 29.1 Å². The molecule has 0 bridgehead atoms. The van der Waals surface area contributed by atoms with E-state index in [0.717, 1.165) is 11.8 Å². The van der Waals surface area contributed by atoms with E-state index in [-0.39, 0.29) is 23.7 Å². The second kappa shape index (κ2) is 7.94. The minimum absolute atomic E-state index is 0.128. The Kier molecular flexibility index (Phi) is 5.94. The highest BCUT2D eigenvalue weighted by Gasteiger charge is 2.16. The van der Waals surface area contributed by atoms with E-state index in [9.17, 15) is 19.1 Å². The Balaban J connectivity index is 1.80. The van der Waals surface area contributed by atoms with Gasteiger partial charge >= 0.3 is 11.8 Å². The first-order valence-corrected chi connectivity index (χ1v) is 7.60. The van der Waals surface area contributed by atoms with Gasteiger partial charge in [-0.05, 0) is 36.8 Å². The van der Waals surface area contributed by atoms with Gasteiger partial charge in [0, 0.05) is 31.2 Å². The zero-order valence-corrected chi connectivity index (χ0v) is 13.7. The van der Waals surface area contributed by atoms with Crippen LogP contribution < -0.4 is 10.6 Å². The summed E-state index contributed by atoms with van der Waals surface area (Å²) < 4.78 is 14.8. The van der Waals surface area contributed by atoms with Crippen molar-refractivity contribution in [3.05, 3.63) is 53.1 Å². The fourth-order valence-corrected chi connectivity index (χ4v) is 2.31. The van der Waals surface area contributed by atoms with Crippen LogP contribution in [0.25, 0.3) is 0 Å². The van der Waals surface area contributed by atoms with Crippen LogP contribution in [0.5, 0.6) is 0 Å². The molecule has 1 aromatic heterocycles. The molecule has 2 aromatic rings. The molecule has 128 valence electrons. The molecular weight excluding hydrogens is 337 g/mol. The molecule has 2 rings (SSSR count). The van der Waals surface area contributed by atoms with E-state index in [2.05, 4.69) is 10.6 Å². The molecule has 0 aliphatic heterocycles. The topological polar surface area (TPSA) is 83.4 Å². The van der Waals surface area contributed by atoms with Gasteiger partial charge in [0.2, 0.25) is 0 Å². The quantitative estimate of drug-likeness (QED) is 0.719. The van der Waals surface area contributed by atoms with Crippen molar-refractivity contribution in [3.8, 4) is 0 Å². The largest absolute Gasteiger partial charge is 0.387 e. The van der Waals surface area contributed by atoms with Gasteiger partial charge in [0.05, 0.1) is 11.1 Å². The number of aliphatic hydroxyl groups is 1.